The van der Waals surface area contributed by atoms with E-state index >= 15 is 0 Å². The van der Waals surface area contributed by atoms with Crippen molar-refractivity contribution in [2.24, 2.45) is 0 Å². The first-order valence-electron chi connectivity index (χ1n) is 4.92. The van der Waals surface area contributed by atoms with E-state index in [9.17, 15) is 18.0 Å². The SMILES string of the molecule is N#Cc1cn[nH]c1NC(=O)c1c(F)cc(F)cc1F. The molecular formula is C11H5F3N4O. The molecule has 0 saturated carbocycles. The van der Waals surface area contributed by atoms with Gasteiger partial charge in [0.05, 0.1) is 6.20 Å². The number of nitrogens with zero attached hydrogens (tertiary/aromatic N) is 2. The lowest BCUT2D eigenvalue weighted by molar-refractivity contribution is 0.101. The van der Waals surface area contributed by atoms with Gasteiger partial charge in [-0.25, -0.2) is 13.2 Å². The molecule has 1 aromatic carbocycles. The van der Waals surface area contributed by atoms with Crippen molar-refractivity contribution in [3.63, 3.8) is 0 Å². The standard InChI is InChI=1S/C11H5F3N4O/c12-6-1-7(13)9(8(14)2-6)11(19)17-10-5(3-15)4-16-18-10/h1-2,4H,(H2,16,17,18,19). The second-order valence-corrected chi connectivity index (χ2v) is 3.47. The zero-order valence-corrected chi connectivity index (χ0v) is 9.17. The summed E-state index contributed by atoms with van der Waals surface area (Å²) in [5.41, 5.74) is -0.948. The van der Waals surface area contributed by atoms with Gasteiger partial charge >= 0.3 is 0 Å². The molecule has 0 bridgehead atoms. The van der Waals surface area contributed by atoms with Gasteiger partial charge in [-0.2, -0.15) is 10.4 Å². The maximum Gasteiger partial charge on any atom is 0.262 e. The van der Waals surface area contributed by atoms with Gasteiger partial charge in [-0.05, 0) is 0 Å². The molecule has 0 fully saturated rings. The van der Waals surface area contributed by atoms with Crippen molar-refractivity contribution in [2.75, 3.05) is 5.32 Å². The summed E-state index contributed by atoms with van der Waals surface area (Å²) in [4.78, 5) is 11.7. The number of H-pyrrole nitrogens is 1. The van der Waals surface area contributed by atoms with E-state index in [1.807, 2.05) is 0 Å². The highest BCUT2D eigenvalue weighted by Crippen LogP contribution is 2.17. The average molecular weight is 266 g/mol. The van der Waals surface area contributed by atoms with Crippen molar-refractivity contribution < 1.29 is 18.0 Å². The molecule has 96 valence electrons. The molecule has 0 aliphatic carbocycles. The second-order valence-electron chi connectivity index (χ2n) is 3.47. The van der Waals surface area contributed by atoms with Gasteiger partial charge in [-0.3, -0.25) is 9.89 Å². The van der Waals surface area contributed by atoms with Crippen molar-refractivity contribution in [1.29, 1.82) is 5.26 Å². The molecule has 5 nitrogen and oxygen atoms in total. The third-order valence-corrected chi connectivity index (χ3v) is 2.23. The molecule has 0 aliphatic heterocycles. The van der Waals surface area contributed by atoms with Crippen LogP contribution in [-0.2, 0) is 0 Å². The number of aromatic nitrogens is 2. The van der Waals surface area contributed by atoms with Crippen LogP contribution < -0.4 is 5.32 Å². The average Bonchev–Trinajstić information content (AvgIpc) is 2.74. The van der Waals surface area contributed by atoms with E-state index in [1.165, 1.54) is 0 Å². The summed E-state index contributed by atoms with van der Waals surface area (Å²) in [6.07, 6.45) is 1.13. The second kappa shape index (κ2) is 4.81. The van der Waals surface area contributed by atoms with Gasteiger partial charge in [0.1, 0.15) is 40.5 Å². The molecule has 0 atom stereocenters. The molecule has 0 unspecified atom stereocenters. The van der Waals surface area contributed by atoms with Crippen LogP contribution in [0.3, 0.4) is 0 Å². The molecule has 0 saturated heterocycles. The first-order chi connectivity index (χ1) is 9.02. The molecule has 1 heterocycles. The summed E-state index contributed by atoms with van der Waals surface area (Å²) in [7, 11) is 0. The van der Waals surface area contributed by atoms with Gasteiger partial charge in [0, 0.05) is 12.1 Å². The quantitative estimate of drug-likeness (QED) is 0.871. The van der Waals surface area contributed by atoms with Crippen LogP contribution in [0.15, 0.2) is 18.3 Å². The van der Waals surface area contributed by atoms with E-state index in [2.05, 4.69) is 15.5 Å². The lowest BCUT2D eigenvalue weighted by Gasteiger charge is -2.05. The number of halogens is 3. The number of benzene rings is 1. The molecule has 19 heavy (non-hydrogen) atoms. The molecule has 0 radical (unpaired) electrons. The fraction of sp³-hybridized carbons (Fsp3) is 0. The maximum atomic E-state index is 13.3. The number of rotatable bonds is 2. The fourth-order valence-electron chi connectivity index (χ4n) is 1.40. The zero-order chi connectivity index (χ0) is 14.0. The number of hydrogen-bond donors (Lipinski definition) is 2. The summed E-state index contributed by atoms with van der Waals surface area (Å²) in [6, 6.07) is 2.48. The van der Waals surface area contributed by atoms with Crippen molar-refractivity contribution in [3.05, 3.63) is 46.9 Å². The third-order valence-electron chi connectivity index (χ3n) is 2.23. The topological polar surface area (TPSA) is 81.6 Å². The Labute approximate surface area is 104 Å². The van der Waals surface area contributed by atoms with E-state index in [-0.39, 0.29) is 11.4 Å². The van der Waals surface area contributed by atoms with E-state index in [0.717, 1.165) is 6.20 Å². The summed E-state index contributed by atoms with van der Waals surface area (Å²) >= 11 is 0. The highest BCUT2D eigenvalue weighted by Gasteiger charge is 2.20. The summed E-state index contributed by atoms with van der Waals surface area (Å²) in [6.45, 7) is 0. The molecule has 2 rings (SSSR count). The minimum Gasteiger partial charge on any atom is -0.306 e. The van der Waals surface area contributed by atoms with Crippen LogP contribution in [0, 0.1) is 28.8 Å². The normalized spacial score (nSPS) is 10.0. The number of anilines is 1. The Bertz CT molecular complexity index is 666. The molecule has 2 aromatic rings. The Balaban J connectivity index is 2.34. The maximum absolute atomic E-state index is 13.3. The Hall–Kier alpha value is -2.82. The molecule has 1 amide bonds. The highest BCUT2D eigenvalue weighted by atomic mass is 19.1. The van der Waals surface area contributed by atoms with Crippen LogP contribution in [0.4, 0.5) is 19.0 Å². The van der Waals surface area contributed by atoms with Crippen LogP contribution >= 0.6 is 0 Å². The monoisotopic (exact) mass is 266 g/mol. The molecule has 2 N–H and O–H groups in total. The van der Waals surface area contributed by atoms with Gasteiger partial charge in [0.2, 0.25) is 0 Å². The van der Waals surface area contributed by atoms with E-state index < -0.39 is 28.9 Å². The van der Waals surface area contributed by atoms with Crippen LogP contribution in [0.1, 0.15) is 15.9 Å². The first-order valence-corrected chi connectivity index (χ1v) is 4.92. The molecule has 0 aliphatic rings. The van der Waals surface area contributed by atoms with Crippen molar-refractivity contribution in [1.82, 2.24) is 10.2 Å². The smallest absolute Gasteiger partial charge is 0.262 e. The fourth-order valence-corrected chi connectivity index (χ4v) is 1.40. The number of carbonyl (C=O) groups excluding carboxylic acids is 1. The molecule has 8 heteroatoms. The number of hydrogen-bond acceptors (Lipinski definition) is 3. The van der Waals surface area contributed by atoms with Gasteiger partial charge in [-0.1, -0.05) is 0 Å². The van der Waals surface area contributed by atoms with Crippen LogP contribution in [-0.4, -0.2) is 16.1 Å². The van der Waals surface area contributed by atoms with E-state index in [1.54, 1.807) is 6.07 Å². The minimum absolute atomic E-state index is 0.00345. The largest absolute Gasteiger partial charge is 0.306 e. The van der Waals surface area contributed by atoms with Crippen LogP contribution in [0.25, 0.3) is 0 Å². The molecule has 0 spiro atoms. The number of carbonyl (C=O) groups is 1. The predicted molar refractivity (Wildman–Crippen MR) is 57.6 cm³/mol. The van der Waals surface area contributed by atoms with Gasteiger partial charge in [0.25, 0.3) is 5.91 Å². The summed E-state index contributed by atoms with van der Waals surface area (Å²) < 4.78 is 39.4. The number of aromatic amines is 1. The zero-order valence-electron chi connectivity index (χ0n) is 9.17. The predicted octanol–water partition coefficient (Wildman–Crippen LogP) is 1.95. The van der Waals surface area contributed by atoms with E-state index in [4.69, 9.17) is 5.26 Å². The number of amides is 1. The van der Waals surface area contributed by atoms with Gasteiger partial charge in [0.15, 0.2) is 0 Å². The highest BCUT2D eigenvalue weighted by molar-refractivity contribution is 6.04. The van der Waals surface area contributed by atoms with Crippen molar-refractivity contribution >= 4 is 11.7 Å². The Morgan fingerprint density at radius 1 is 1.32 bits per heavy atom. The summed E-state index contributed by atoms with van der Waals surface area (Å²) in [5, 5.41) is 16.5. The van der Waals surface area contributed by atoms with E-state index in [0.29, 0.717) is 12.1 Å². The first kappa shape index (κ1) is 12.6. The Morgan fingerprint density at radius 3 is 2.53 bits per heavy atom. The third kappa shape index (κ3) is 2.40. The van der Waals surface area contributed by atoms with Crippen molar-refractivity contribution in [2.45, 2.75) is 0 Å². The lowest BCUT2D eigenvalue weighted by atomic mass is 10.1. The number of nitriles is 1. The van der Waals surface area contributed by atoms with Gasteiger partial charge < -0.3 is 5.32 Å². The van der Waals surface area contributed by atoms with Gasteiger partial charge in [-0.15, -0.1) is 0 Å². The molecular weight excluding hydrogens is 261 g/mol. The summed E-state index contributed by atoms with van der Waals surface area (Å²) in [5.74, 6) is -5.07. The Kier molecular flexibility index (Phi) is 3.20. The van der Waals surface area contributed by atoms with Crippen LogP contribution in [0.5, 0.6) is 0 Å². The van der Waals surface area contributed by atoms with Crippen LogP contribution in [0.2, 0.25) is 0 Å². The minimum atomic E-state index is -1.34. The van der Waals surface area contributed by atoms with Crippen molar-refractivity contribution in [3.8, 4) is 6.07 Å². The molecule has 1 aromatic heterocycles. The number of nitrogens with one attached hydrogen (secondary N) is 2. The Morgan fingerprint density at radius 2 is 1.95 bits per heavy atom. The lowest BCUT2D eigenvalue weighted by Crippen LogP contribution is -2.17.